The van der Waals surface area contributed by atoms with E-state index < -0.39 is 11.7 Å². The third-order valence-corrected chi connectivity index (χ3v) is 3.59. The van der Waals surface area contributed by atoms with E-state index >= 15 is 0 Å². The van der Waals surface area contributed by atoms with E-state index in [9.17, 15) is 4.79 Å². The van der Waals surface area contributed by atoms with Crippen LogP contribution in [-0.2, 0) is 4.79 Å². The summed E-state index contributed by atoms with van der Waals surface area (Å²) in [4.78, 5) is 10.8. The van der Waals surface area contributed by atoms with Crippen LogP contribution in [0.5, 0.6) is 5.75 Å². The molecule has 1 fully saturated rings. The molecule has 0 bridgehead atoms. The van der Waals surface area contributed by atoms with Crippen LogP contribution >= 0.6 is 0 Å². The highest BCUT2D eigenvalue weighted by Gasteiger charge is 2.19. The number of aliphatic hydroxyl groups excluding tert-OH is 1. The molecule has 4 heteroatoms. The summed E-state index contributed by atoms with van der Waals surface area (Å²) in [5.74, 6) is -0.721. The number of hydrogen-bond acceptors (Lipinski definition) is 3. The molecule has 1 aromatic carbocycles. The Kier molecular flexibility index (Phi) is 4.10. The Morgan fingerprint density at radius 3 is 2.63 bits per heavy atom. The SMILES string of the molecule is Cc1ccc(C2CCCC2)cc1O/C(=C/O)C(=O)O. The lowest BCUT2D eigenvalue weighted by Gasteiger charge is -2.14. The summed E-state index contributed by atoms with van der Waals surface area (Å²) >= 11 is 0. The van der Waals surface area contributed by atoms with Crippen LogP contribution in [0, 0.1) is 6.92 Å². The van der Waals surface area contributed by atoms with Gasteiger partial charge < -0.3 is 14.9 Å². The third-order valence-electron chi connectivity index (χ3n) is 3.59. The largest absolute Gasteiger partial charge is 0.511 e. The molecular formula is C15H18O4. The van der Waals surface area contributed by atoms with E-state index in [1.165, 1.54) is 31.2 Å². The number of carboxylic acids is 1. The lowest BCUT2D eigenvalue weighted by Crippen LogP contribution is -2.08. The highest BCUT2D eigenvalue weighted by Crippen LogP contribution is 2.36. The minimum Gasteiger partial charge on any atom is -0.511 e. The van der Waals surface area contributed by atoms with E-state index in [0.717, 1.165) is 5.56 Å². The number of benzene rings is 1. The smallest absolute Gasteiger partial charge is 0.375 e. The quantitative estimate of drug-likeness (QED) is 0.643. The molecule has 0 aliphatic heterocycles. The van der Waals surface area contributed by atoms with Crippen LogP contribution in [0.2, 0.25) is 0 Å². The van der Waals surface area contributed by atoms with Crippen molar-refractivity contribution in [1.82, 2.24) is 0 Å². The molecular weight excluding hydrogens is 244 g/mol. The number of hydrogen-bond donors (Lipinski definition) is 2. The zero-order valence-corrected chi connectivity index (χ0v) is 10.9. The number of aliphatic hydroxyl groups is 1. The van der Waals surface area contributed by atoms with Crippen molar-refractivity contribution in [1.29, 1.82) is 0 Å². The second kappa shape index (κ2) is 5.78. The Balaban J connectivity index is 2.24. The van der Waals surface area contributed by atoms with Crippen LogP contribution in [0.1, 0.15) is 42.7 Å². The molecule has 0 atom stereocenters. The molecule has 2 N–H and O–H groups in total. The molecule has 2 rings (SSSR count). The van der Waals surface area contributed by atoms with Crippen LogP contribution in [-0.4, -0.2) is 16.2 Å². The number of aliphatic carboxylic acids is 1. The van der Waals surface area contributed by atoms with Gasteiger partial charge in [0.25, 0.3) is 0 Å². The van der Waals surface area contributed by atoms with E-state index in [2.05, 4.69) is 6.07 Å². The first-order valence-electron chi connectivity index (χ1n) is 6.48. The van der Waals surface area contributed by atoms with Gasteiger partial charge in [0.1, 0.15) is 12.0 Å². The van der Waals surface area contributed by atoms with Crippen molar-refractivity contribution >= 4 is 5.97 Å². The second-order valence-corrected chi connectivity index (χ2v) is 4.91. The molecule has 4 nitrogen and oxygen atoms in total. The molecule has 0 aromatic heterocycles. The molecule has 1 saturated carbocycles. The molecule has 0 spiro atoms. The van der Waals surface area contributed by atoms with Crippen molar-refractivity contribution in [2.24, 2.45) is 0 Å². The van der Waals surface area contributed by atoms with Crippen molar-refractivity contribution in [2.45, 2.75) is 38.5 Å². The van der Waals surface area contributed by atoms with E-state index in [1.54, 1.807) is 0 Å². The minimum atomic E-state index is -1.28. The summed E-state index contributed by atoms with van der Waals surface area (Å²) in [6.07, 6.45) is 5.30. The molecule has 1 aliphatic carbocycles. The van der Waals surface area contributed by atoms with E-state index in [0.29, 0.717) is 17.9 Å². The average molecular weight is 262 g/mol. The summed E-state index contributed by atoms with van der Waals surface area (Å²) in [5, 5.41) is 17.7. The van der Waals surface area contributed by atoms with Gasteiger partial charge in [-0.3, -0.25) is 0 Å². The van der Waals surface area contributed by atoms with Crippen molar-refractivity contribution in [2.75, 3.05) is 0 Å². The predicted octanol–water partition coefficient (Wildman–Crippen LogP) is 3.52. The molecule has 0 heterocycles. The topological polar surface area (TPSA) is 66.8 Å². The standard InChI is InChI=1S/C15H18O4/c1-10-6-7-12(11-4-2-3-5-11)8-13(10)19-14(9-16)15(17)18/h6-9,11,16H,2-5H2,1H3,(H,17,18)/b14-9+. The molecule has 0 saturated heterocycles. The Morgan fingerprint density at radius 1 is 1.37 bits per heavy atom. The van der Waals surface area contributed by atoms with Crippen LogP contribution < -0.4 is 4.74 Å². The summed E-state index contributed by atoms with van der Waals surface area (Å²) in [6.45, 7) is 1.85. The molecule has 1 aromatic rings. The normalized spacial score (nSPS) is 16.6. The summed E-state index contributed by atoms with van der Waals surface area (Å²) in [5.41, 5.74) is 2.03. The monoisotopic (exact) mass is 262 g/mol. The van der Waals surface area contributed by atoms with Gasteiger partial charge in [0.15, 0.2) is 0 Å². The molecule has 0 amide bonds. The number of rotatable bonds is 4. The predicted molar refractivity (Wildman–Crippen MR) is 71.4 cm³/mol. The van der Waals surface area contributed by atoms with Gasteiger partial charge in [-0.2, -0.15) is 0 Å². The fourth-order valence-corrected chi connectivity index (χ4v) is 2.48. The second-order valence-electron chi connectivity index (χ2n) is 4.91. The van der Waals surface area contributed by atoms with Crippen molar-refractivity contribution in [3.05, 3.63) is 41.3 Å². The average Bonchev–Trinajstić information content (AvgIpc) is 2.91. The van der Waals surface area contributed by atoms with Crippen molar-refractivity contribution in [3.8, 4) is 5.75 Å². The summed E-state index contributed by atoms with van der Waals surface area (Å²) in [6, 6.07) is 5.89. The van der Waals surface area contributed by atoms with Gasteiger partial charge in [-0.25, -0.2) is 4.79 Å². The van der Waals surface area contributed by atoms with Gasteiger partial charge in [0, 0.05) is 0 Å². The number of ether oxygens (including phenoxy) is 1. The zero-order valence-electron chi connectivity index (χ0n) is 10.9. The molecule has 19 heavy (non-hydrogen) atoms. The molecule has 102 valence electrons. The maximum atomic E-state index is 10.8. The molecule has 0 radical (unpaired) electrons. The van der Waals surface area contributed by atoms with E-state index in [4.69, 9.17) is 14.9 Å². The van der Waals surface area contributed by atoms with Gasteiger partial charge in [0.05, 0.1) is 0 Å². The Hall–Kier alpha value is -1.97. The van der Waals surface area contributed by atoms with Crippen LogP contribution in [0.4, 0.5) is 0 Å². The van der Waals surface area contributed by atoms with Gasteiger partial charge >= 0.3 is 5.97 Å². The van der Waals surface area contributed by atoms with Gasteiger partial charge in [-0.05, 0) is 42.9 Å². The first-order chi connectivity index (χ1) is 9.11. The fourth-order valence-electron chi connectivity index (χ4n) is 2.48. The first kappa shape index (κ1) is 13.5. The zero-order chi connectivity index (χ0) is 13.8. The Bertz CT molecular complexity index is 499. The Labute approximate surface area is 112 Å². The Morgan fingerprint density at radius 2 is 2.05 bits per heavy atom. The maximum absolute atomic E-state index is 10.8. The highest BCUT2D eigenvalue weighted by molar-refractivity contribution is 5.84. The van der Waals surface area contributed by atoms with Crippen molar-refractivity contribution < 1.29 is 19.7 Å². The third kappa shape index (κ3) is 3.08. The van der Waals surface area contributed by atoms with Gasteiger partial charge in [-0.15, -0.1) is 0 Å². The minimum absolute atomic E-state index is 0.466. The first-order valence-corrected chi connectivity index (χ1v) is 6.48. The summed E-state index contributed by atoms with van der Waals surface area (Å²) < 4.78 is 5.27. The number of carbonyl (C=O) groups is 1. The maximum Gasteiger partial charge on any atom is 0.375 e. The van der Waals surface area contributed by atoms with E-state index in [-0.39, 0.29) is 0 Å². The van der Waals surface area contributed by atoms with E-state index in [1.807, 2.05) is 19.1 Å². The number of carboxylic acid groups (broad SMARTS) is 1. The van der Waals surface area contributed by atoms with Crippen molar-refractivity contribution in [3.63, 3.8) is 0 Å². The lowest BCUT2D eigenvalue weighted by atomic mass is 9.96. The fraction of sp³-hybridized carbons (Fsp3) is 0.400. The van der Waals surface area contributed by atoms with Crippen LogP contribution in [0.3, 0.4) is 0 Å². The van der Waals surface area contributed by atoms with Gasteiger partial charge in [0.2, 0.25) is 5.76 Å². The van der Waals surface area contributed by atoms with Gasteiger partial charge in [-0.1, -0.05) is 25.0 Å². The highest BCUT2D eigenvalue weighted by atomic mass is 16.5. The summed E-state index contributed by atoms with van der Waals surface area (Å²) in [7, 11) is 0. The molecule has 1 aliphatic rings. The van der Waals surface area contributed by atoms with Crippen LogP contribution in [0.25, 0.3) is 0 Å². The molecule has 0 unspecified atom stereocenters. The lowest BCUT2D eigenvalue weighted by molar-refractivity contribution is -0.135. The van der Waals surface area contributed by atoms with Crippen LogP contribution in [0.15, 0.2) is 30.2 Å². The number of aryl methyl sites for hydroxylation is 1.